The molecule has 0 amide bonds. The van der Waals surface area contributed by atoms with Crippen LogP contribution in [-0.4, -0.2) is 195 Å². The number of aliphatic hydroxyl groups is 5. The Morgan fingerprint density at radius 3 is 2.29 bits per heavy atom. The van der Waals surface area contributed by atoms with E-state index in [-0.39, 0.29) is 69.0 Å². The molecule has 0 spiro atoms. The van der Waals surface area contributed by atoms with Crippen LogP contribution in [0.2, 0.25) is 0 Å². The molecule has 4 heterocycles. The number of halogens is 2. The van der Waals surface area contributed by atoms with Crippen molar-refractivity contribution in [3.05, 3.63) is 47.3 Å². The second-order valence-electron chi connectivity index (χ2n) is 22.2. The molecule has 1 aromatic rings. The average molecular weight is 1200 g/mol. The number of likely N-dealkylation sites (N-methyl/N-ethyl adjacent to an activating group) is 1. The van der Waals surface area contributed by atoms with Gasteiger partial charge in [-0.25, -0.2) is 4.39 Å². The first kappa shape index (κ1) is 59.6. The number of hydrazine groups is 2. The van der Waals surface area contributed by atoms with Crippen LogP contribution < -0.4 is 5.43 Å². The van der Waals surface area contributed by atoms with E-state index in [1.54, 1.807) is 12.2 Å². The fourth-order valence-electron chi connectivity index (χ4n) is 12.4. The number of cyclic esters (lactones) is 1. The van der Waals surface area contributed by atoms with Gasteiger partial charge in [0, 0.05) is 20.0 Å². The second kappa shape index (κ2) is 25.0. The van der Waals surface area contributed by atoms with Gasteiger partial charge in [0.15, 0.2) is 0 Å². The van der Waals surface area contributed by atoms with Crippen molar-refractivity contribution in [2.45, 2.75) is 189 Å². The van der Waals surface area contributed by atoms with Crippen LogP contribution in [0.3, 0.4) is 0 Å². The van der Waals surface area contributed by atoms with E-state index in [1.807, 2.05) is 110 Å². The third-order valence-corrected chi connectivity index (χ3v) is 19.5. The van der Waals surface area contributed by atoms with Crippen LogP contribution in [0.4, 0.5) is 4.39 Å². The Morgan fingerprint density at radius 1 is 1.04 bits per heavy atom. The fraction of sp³-hybridized carbons (Fsp3) is 0.827. The summed E-state index contributed by atoms with van der Waals surface area (Å²) in [6.45, 7) is 17.4. The predicted molar refractivity (Wildman–Crippen MR) is 270 cm³/mol. The number of hydrogen-bond acceptors (Lipinski definition) is 15. The Bertz CT molecular complexity index is 1850. The summed E-state index contributed by atoms with van der Waals surface area (Å²) >= 11 is 6.05. The first-order valence-corrected chi connectivity index (χ1v) is 28.5. The van der Waals surface area contributed by atoms with Crippen molar-refractivity contribution in [1.29, 1.82) is 0 Å². The molecule has 3 saturated heterocycles. The van der Waals surface area contributed by atoms with Crippen molar-refractivity contribution >= 4 is 43.3 Å². The molecule has 15 nitrogen and oxygen atoms in total. The Kier molecular flexibility index (Phi) is 21.3. The molecule has 19 atom stereocenters. The van der Waals surface area contributed by atoms with Crippen molar-refractivity contribution in [3.8, 4) is 0 Å². The number of benzene rings is 1. The van der Waals surface area contributed by atoms with Gasteiger partial charge in [0.05, 0.1) is 0 Å². The van der Waals surface area contributed by atoms with Crippen LogP contribution in [0.25, 0.3) is 0 Å². The molecular formula is C52H88ClFN5O10Tl. The van der Waals surface area contributed by atoms with E-state index in [1.165, 1.54) is 6.92 Å². The summed E-state index contributed by atoms with van der Waals surface area (Å²) in [4.78, 5) is 18.8. The third-order valence-electron chi connectivity index (χ3n) is 16.6. The van der Waals surface area contributed by atoms with E-state index in [0.717, 1.165) is 16.8 Å². The van der Waals surface area contributed by atoms with E-state index in [2.05, 4.69) is 17.2 Å². The topological polar surface area (TPSA) is 180 Å². The van der Waals surface area contributed by atoms with Crippen LogP contribution in [-0.2, 0) is 29.6 Å². The molecule has 0 aromatic heterocycles. The molecular weight excluding hydrogens is 1110 g/mol. The fourth-order valence-corrected chi connectivity index (χ4v) is 15.8. The summed E-state index contributed by atoms with van der Waals surface area (Å²) in [6, 6.07) is 6.47. The molecule has 4 aliphatic heterocycles. The zero-order valence-corrected chi connectivity index (χ0v) is 49.5. The van der Waals surface area contributed by atoms with Crippen LogP contribution in [0, 0.1) is 35.5 Å². The van der Waals surface area contributed by atoms with Gasteiger partial charge >= 0.3 is 347 Å². The number of methoxy groups -OCH3 is 1. The Balaban J connectivity index is 1.43. The maximum atomic E-state index is 14.9. The number of aliphatic hydroxyl groups excluding tert-OH is 2. The molecule has 5 rings (SSSR count). The Hall–Kier alpha value is -1.27. The van der Waals surface area contributed by atoms with Crippen LogP contribution in [0.1, 0.15) is 124 Å². The van der Waals surface area contributed by atoms with E-state index < -0.39 is 99.6 Å². The van der Waals surface area contributed by atoms with E-state index in [4.69, 9.17) is 30.5 Å². The number of nitrogens with zero attached hydrogens (tertiary/aromatic N) is 4. The average Bonchev–Trinajstić information content (AvgIpc) is 3.67. The number of hydrogen-bond donors (Lipinski definition) is 6. The number of carbonyl (C=O) groups is 1. The summed E-state index contributed by atoms with van der Waals surface area (Å²) in [5.74, 6) is -4.31. The zero-order valence-electron chi connectivity index (χ0n) is 44.3. The number of ether oxygens (including phenoxy) is 4. The van der Waals surface area contributed by atoms with Crippen molar-refractivity contribution in [1.82, 2.24) is 25.4 Å². The SMILES string of the molecule is CC[C@H]1OC(=O)[C@H](C)[C@@H](C2C[C@H](C)[C@@H](O)[C@H](C)O2)[C@H](C)C(C[C@]2(O)C[C@@H](N(C)CCC3=CN([C@H](CF)[C@H](OC)c4ccc(CCl)cc4)N(C)N3)C[C@@H](C)O2)[C@@](O)([Tl])C[C@@H](C)CN(C)[C@H](C)[C@@H](O)[C@]1(C)O. The van der Waals surface area contributed by atoms with Gasteiger partial charge in [-0.2, -0.15) is 0 Å². The Labute approximate surface area is 439 Å². The van der Waals surface area contributed by atoms with Gasteiger partial charge in [0.2, 0.25) is 0 Å². The van der Waals surface area contributed by atoms with Gasteiger partial charge in [0.1, 0.15) is 18.8 Å². The van der Waals surface area contributed by atoms with Gasteiger partial charge in [0.25, 0.3) is 0 Å². The van der Waals surface area contributed by atoms with Gasteiger partial charge in [-0.05, 0) is 11.1 Å². The summed E-state index contributed by atoms with van der Waals surface area (Å²) in [6.07, 6.45) is -0.121. The number of esters is 1. The number of alkyl halides is 2. The quantitative estimate of drug-likeness (QED) is 0.0807. The predicted octanol–water partition coefficient (Wildman–Crippen LogP) is 5.26. The van der Waals surface area contributed by atoms with Crippen molar-refractivity contribution in [2.75, 3.05) is 48.0 Å². The zero-order chi connectivity index (χ0) is 52.2. The summed E-state index contributed by atoms with van der Waals surface area (Å²) < 4.78 is 39.0. The minimum atomic E-state index is -1.77. The van der Waals surface area contributed by atoms with Gasteiger partial charge in [-0.1, -0.05) is 24.3 Å². The van der Waals surface area contributed by atoms with Crippen LogP contribution in [0.15, 0.2) is 36.2 Å². The normalized spacial score (nSPS) is 41.0. The summed E-state index contributed by atoms with van der Waals surface area (Å²) in [7, 11) is 7.37. The third kappa shape index (κ3) is 14.0. The molecule has 398 valence electrons. The minimum absolute atomic E-state index is 0.0250. The monoisotopic (exact) mass is 1200 g/mol. The molecule has 0 aliphatic carbocycles. The molecule has 0 radical (unpaired) electrons. The first-order valence-electron chi connectivity index (χ1n) is 25.7. The van der Waals surface area contributed by atoms with Crippen molar-refractivity contribution < 1.29 is 53.7 Å². The number of rotatable bonds is 14. The molecule has 0 bridgehead atoms. The molecule has 70 heavy (non-hydrogen) atoms. The molecule has 4 aliphatic rings. The van der Waals surface area contributed by atoms with Gasteiger partial charge < -0.3 is 4.74 Å². The maximum absolute atomic E-state index is 14.9. The van der Waals surface area contributed by atoms with Crippen LogP contribution >= 0.6 is 11.6 Å². The first-order chi connectivity index (χ1) is 32.7. The number of nitrogens with one attached hydrogen (secondary N) is 1. The standard InChI is InChI=1S/C52H88ClFN5O10.Tl/c1-14-45-51(9,64)49(62)35(7)57(11)28-30(2)21-43(60)41(33(5)46(34(6)50(63)68-45)44-22-31(3)47(61)36(8)67-44)25-52(65)24-40(23-32(4)69-52)56(10)20-19-39-29-59(58(12)55-39)42(27-54)48(66-13)38-17-15-37(26-53)16-18-38;/h15-18,29-36,40-42,44-49,55,60-62,64-65H,14,19-28H2,1-13H3;/t30-,31+,32-,33-,34-,35-,36+,40+,41?,42-,44?,45-,46+,47-,48-,49-,51-,52+;/m1./s1. The molecule has 1 aromatic carbocycles. The van der Waals surface area contributed by atoms with Gasteiger partial charge in [-0.15, -0.1) is 11.6 Å². The van der Waals surface area contributed by atoms with Crippen molar-refractivity contribution in [2.24, 2.45) is 35.5 Å². The molecule has 18 heteroatoms. The molecule has 6 N–H and O–H groups in total. The van der Waals surface area contributed by atoms with E-state index in [0.29, 0.717) is 44.7 Å². The molecule has 2 unspecified atom stereocenters. The molecule has 0 saturated carbocycles. The van der Waals surface area contributed by atoms with E-state index >= 15 is 0 Å². The molecule has 3 fully saturated rings. The summed E-state index contributed by atoms with van der Waals surface area (Å²) in [5, 5.41) is 64.2. The second-order valence-corrected chi connectivity index (χ2v) is 26.4. The van der Waals surface area contributed by atoms with E-state index in [9.17, 15) is 34.7 Å². The van der Waals surface area contributed by atoms with Crippen LogP contribution in [0.5, 0.6) is 0 Å². The summed E-state index contributed by atoms with van der Waals surface area (Å²) in [5.41, 5.74) is 4.35. The Morgan fingerprint density at radius 2 is 1.70 bits per heavy atom. The van der Waals surface area contributed by atoms with Crippen molar-refractivity contribution in [3.63, 3.8) is 0 Å². The number of carbonyl (C=O) groups excluding carboxylic acids is 1. The van der Waals surface area contributed by atoms with Gasteiger partial charge in [-0.3, -0.25) is 0 Å².